The molecule has 0 unspecified atom stereocenters. The van der Waals surface area contributed by atoms with Crippen LogP contribution in [0.2, 0.25) is 0 Å². The number of amides is 1. The van der Waals surface area contributed by atoms with Gasteiger partial charge in [0.2, 0.25) is 0 Å². The van der Waals surface area contributed by atoms with Gasteiger partial charge in [0.05, 0.1) is 6.61 Å². The smallest absolute Gasteiger partial charge is 0.252 e. The summed E-state index contributed by atoms with van der Waals surface area (Å²) in [5.41, 5.74) is 0. The second-order valence-corrected chi connectivity index (χ2v) is 6.66. The van der Waals surface area contributed by atoms with Gasteiger partial charge in [-0.1, -0.05) is 0 Å². The molecule has 0 radical (unpaired) electrons. The summed E-state index contributed by atoms with van der Waals surface area (Å²) in [5, 5.41) is 6.88. The summed E-state index contributed by atoms with van der Waals surface area (Å²) >= 11 is 1.59. The highest BCUT2D eigenvalue weighted by molar-refractivity contribution is 7.15. The quantitative estimate of drug-likeness (QED) is 0.842. The number of aromatic nitrogens is 1. The molecule has 2 fully saturated rings. The Kier molecular flexibility index (Phi) is 4.65. The molecule has 5 nitrogen and oxygen atoms in total. The van der Waals surface area contributed by atoms with E-state index in [1.165, 1.54) is 17.7 Å². The number of carbonyl (C=O) groups excluding carboxylic acids is 1. The van der Waals surface area contributed by atoms with E-state index in [-0.39, 0.29) is 12.5 Å². The summed E-state index contributed by atoms with van der Waals surface area (Å²) in [6, 6.07) is 0. The number of rotatable bonds is 6. The van der Waals surface area contributed by atoms with Gasteiger partial charge in [0.1, 0.15) is 6.61 Å². The average Bonchev–Trinajstić information content (AvgIpc) is 3.17. The molecular weight excluding hydrogens is 274 g/mol. The van der Waals surface area contributed by atoms with Gasteiger partial charge in [-0.3, -0.25) is 10.1 Å². The van der Waals surface area contributed by atoms with Crippen molar-refractivity contribution in [2.75, 3.05) is 31.6 Å². The van der Waals surface area contributed by atoms with Crippen molar-refractivity contribution in [3.8, 4) is 0 Å². The van der Waals surface area contributed by atoms with Crippen LogP contribution in [0.15, 0.2) is 6.20 Å². The summed E-state index contributed by atoms with van der Waals surface area (Å²) in [6.07, 6.45) is 6.70. The molecule has 2 aliphatic rings. The molecule has 1 saturated carbocycles. The Hall–Kier alpha value is -0.980. The summed E-state index contributed by atoms with van der Waals surface area (Å²) < 4.78 is 5.37. The first kappa shape index (κ1) is 14.0. The standard InChI is InChI=1S/C14H21N3O2S/c18-13(9-19-8-10-1-2-10)17-14-16-7-12(20-14)11-3-5-15-6-4-11/h7,10-11,15H,1-6,8-9H2,(H,16,17,18). The van der Waals surface area contributed by atoms with Gasteiger partial charge in [0.15, 0.2) is 5.13 Å². The van der Waals surface area contributed by atoms with Crippen LogP contribution in [0, 0.1) is 5.92 Å². The van der Waals surface area contributed by atoms with E-state index in [2.05, 4.69) is 15.6 Å². The Bertz CT molecular complexity index is 453. The van der Waals surface area contributed by atoms with Crippen LogP contribution in [0.4, 0.5) is 5.13 Å². The zero-order chi connectivity index (χ0) is 13.8. The third-order valence-electron chi connectivity index (χ3n) is 3.80. The lowest BCUT2D eigenvalue weighted by Gasteiger charge is -2.20. The van der Waals surface area contributed by atoms with Crippen LogP contribution in [-0.2, 0) is 9.53 Å². The summed E-state index contributed by atoms with van der Waals surface area (Å²) in [6.45, 7) is 2.99. The molecule has 1 saturated heterocycles. The van der Waals surface area contributed by atoms with E-state index in [4.69, 9.17) is 4.74 Å². The Morgan fingerprint density at radius 1 is 1.40 bits per heavy atom. The zero-order valence-electron chi connectivity index (χ0n) is 11.6. The van der Waals surface area contributed by atoms with E-state index in [1.54, 1.807) is 11.3 Å². The van der Waals surface area contributed by atoms with Crippen molar-refractivity contribution in [1.29, 1.82) is 0 Å². The number of anilines is 1. The fourth-order valence-corrected chi connectivity index (χ4v) is 3.40. The van der Waals surface area contributed by atoms with Crippen LogP contribution in [-0.4, -0.2) is 37.2 Å². The molecule has 1 aliphatic heterocycles. The molecule has 0 atom stereocenters. The van der Waals surface area contributed by atoms with Gasteiger partial charge in [-0.15, -0.1) is 11.3 Å². The summed E-state index contributed by atoms with van der Waals surface area (Å²) in [7, 11) is 0. The second-order valence-electron chi connectivity index (χ2n) is 5.60. The van der Waals surface area contributed by atoms with Crippen LogP contribution in [0.25, 0.3) is 0 Å². The number of carbonyl (C=O) groups is 1. The molecule has 20 heavy (non-hydrogen) atoms. The highest BCUT2D eigenvalue weighted by Crippen LogP contribution is 2.31. The van der Waals surface area contributed by atoms with Crippen molar-refractivity contribution >= 4 is 22.4 Å². The minimum atomic E-state index is -0.100. The van der Waals surface area contributed by atoms with Gasteiger partial charge in [0, 0.05) is 11.1 Å². The van der Waals surface area contributed by atoms with Crippen molar-refractivity contribution in [2.24, 2.45) is 5.92 Å². The maximum atomic E-state index is 11.7. The molecule has 0 aromatic carbocycles. The maximum absolute atomic E-state index is 11.7. The highest BCUT2D eigenvalue weighted by atomic mass is 32.1. The SMILES string of the molecule is O=C(COCC1CC1)Nc1ncc(C2CCNCC2)s1. The Morgan fingerprint density at radius 3 is 2.95 bits per heavy atom. The number of nitrogens with one attached hydrogen (secondary N) is 2. The molecule has 1 aliphatic carbocycles. The molecule has 110 valence electrons. The van der Waals surface area contributed by atoms with E-state index < -0.39 is 0 Å². The molecule has 1 aromatic heterocycles. The minimum Gasteiger partial charge on any atom is -0.371 e. The predicted molar refractivity (Wildman–Crippen MR) is 79.1 cm³/mol. The van der Waals surface area contributed by atoms with E-state index in [0.29, 0.717) is 23.6 Å². The van der Waals surface area contributed by atoms with Gasteiger partial charge in [0.25, 0.3) is 5.91 Å². The molecule has 6 heteroatoms. The lowest BCUT2D eigenvalue weighted by Crippen LogP contribution is -2.26. The number of hydrogen-bond acceptors (Lipinski definition) is 5. The Morgan fingerprint density at radius 2 is 2.20 bits per heavy atom. The minimum absolute atomic E-state index is 0.100. The first-order chi connectivity index (χ1) is 9.81. The number of ether oxygens (including phenoxy) is 1. The second kappa shape index (κ2) is 6.65. The van der Waals surface area contributed by atoms with Crippen LogP contribution in [0.3, 0.4) is 0 Å². The number of nitrogens with zero attached hydrogens (tertiary/aromatic N) is 1. The van der Waals surface area contributed by atoms with Gasteiger partial charge in [-0.05, 0) is 50.6 Å². The zero-order valence-corrected chi connectivity index (χ0v) is 12.4. The predicted octanol–water partition coefficient (Wildman–Crippen LogP) is 1.98. The van der Waals surface area contributed by atoms with Crippen LogP contribution in [0.5, 0.6) is 0 Å². The van der Waals surface area contributed by atoms with Gasteiger partial charge >= 0.3 is 0 Å². The average molecular weight is 295 g/mol. The lowest BCUT2D eigenvalue weighted by molar-refractivity contribution is -0.120. The molecule has 2 heterocycles. The molecule has 1 aromatic rings. The molecule has 1 amide bonds. The fourth-order valence-electron chi connectivity index (χ4n) is 2.40. The third kappa shape index (κ3) is 4.01. The van der Waals surface area contributed by atoms with E-state index in [1.807, 2.05) is 6.20 Å². The summed E-state index contributed by atoms with van der Waals surface area (Å²) in [5.74, 6) is 1.18. The van der Waals surface area contributed by atoms with Crippen LogP contribution >= 0.6 is 11.3 Å². The topological polar surface area (TPSA) is 63.2 Å². The first-order valence-corrected chi connectivity index (χ1v) is 8.17. The van der Waals surface area contributed by atoms with Crippen LogP contribution < -0.4 is 10.6 Å². The summed E-state index contributed by atoms with van der Waals surface area (Å²) in [4.78, 5) is 17.3. The van der Waals surface area contributed by atoms with Gasteiger partial charge in [-0.2, -0.15) is 0 Å². The Balaban J connectivity index is 1.44. The highest BCUT2D eigenvalue weighted by Gasteiger charge is 2.22. The van der Waals surface area contributed by atoms with Crippen molar-refractivity contribution in [3.05, 3.63) is 11.1 Å². The van der Waals surface area contributed by atoms with Crippen molar-refractivity contribution < 1.29 is 9.53 Å². The van der Waals surface area contributed by atoms with Gasteiger partial charge in [-0.25, -0.2) is 4.98 Å². The molecule has 2 N–H and O–H groups in total. The van der Waals surface area contributed by atoms with Gasteiger partial charge < -0.3 is 10.1 Å². The number of hydrogen-bond donors (Lipinski definition) is 2. The first-order valence-electron chi connectivity index (χ1n) is 7.35. The van der Waals surface area contributed by atoms with E-state index in [0.717, 1.165) is 25.9 Å². The van der Waals surface area contributed by atoms with Crippen molar-refractivity contribution in [1.82, 2.24) is 10.3 Å². The van der Waals surface area contributed by atoms with E-state index >= 15 is 0 Å². The van der Waals surface area contributed by atoms with Crippen LogP contribution in [0.1, 0.15) is 36.5 Å². The maximum Gasteiger partial charge on any atom is 0.252 e. The molecule has 3 rings (SSSR count). The molecular formula is C14H21N3O2S. The number of thiazole rings is 1. The van der Waals surface area contributed by atoms with E-state index in [9.17, 15) is 4.79 Å². The van der Waals surface area contributed by atoms with Crippen molar-refractivity contribution in [3.63, 3.8) is 0 Å². The number of piperidine rings is 1. The fraction of sp³-hybridized carbons (Fsp3) is 0.714. The Labute approximate surface area is 123 Å². The lowest BCUT2D eigenvalue weighted by atomic mass is 9.97. The largest absolute Gasteiger partial charge is 0.371 e. The molecule has 0 spiro atoms. The normalized spacial score (nSPS) is 20.0. The third-order valence-corrected chi connectivity index (χ3v) is 4.87. The molecule has 0 bridgehead atoms. The monoisotopic (exact) mass is 295 g/mol. The van der Waals surface area contributed by atoms with Crippen molar-refractivity contribution in [2.45, 2.75) is 31.6 Å².